The summed E-state index contributed by atoms with van der Waals surface area (Å²) in [5.41, 5.74) is 0.610. The number of rotatable bonds is 2. The molecule has 1 aromatic carbocycles. The second kappa shape index (κ2) is 5.38. The van der Waals surface area contributed by atoms with E-state index in [-0.39, 0.29) is 5.82 Å². The molecule has 3 heteroatoms. The molecule has 0 spiro atoms. The Labute approximate surface area is 111 Å². The standard InChI is InChI=1S/C14H19BrFN/c1-9-5-3-8-13(10(9)2)17-14-11(15)6-4-7-12(14)16/h4,6-7,9-10,13,17H,3,5,8H2,1-2H3. The average molecular weight is 300 g/mol. The van der Waals surface area contributed by atoms with Gasteiger partial charge in [-0.05, 0) is 46.3 Å². The second-order valence-corrected chi connectivity index (χ2v) is 5.97. The third kappa shape index (κ3) is 2.82. The highest BCUT2D eigenvalue weighted by atomic mass is 79.9. The second-order valence-electron chi connectivity index (χ2n) is 5.11. The molecule has 1 nitrogen and oxygen atoms in total. The smallest absolute Gasteiger partial charge is 0.147 e. The van der Waals surface area contributed by atoms with E-state index in [0.29, 0.717) is 23.6 Å². The summed E-state index contributed by atoms with van der Waals surface area (Å²) >= 11 is 3.41. The van der Waals surface area contributed by atoms with E-state index in [1.54, 1.807) is 6.07 Å². The molecule has 1 aromatic rings. The summed E-state index contributed by atoms with van der Waals surface area (Å²) in [5.74, 6) is 1.13. The Balaban J connectivity index is 2.15. The van der Waals surface area contributed by atoms with Crippen molar-refractivity contribution in [3.8, 4) is 0 Å². The van der Waals surface area contributed by atoms with E-state index in [1.165, 1.54) is 18.9 Å². The van der Waals surface area contributed by atoms with Gasteiger partial charge >= 0.3 is 0 Å². The highest BCUT2D eigenvalue weighted by molar-refractivity contribution is 9.10. The molecule has 0 aromatic heterocycles. The van der Waals surface area contributed by atoms with Gasteiger partial charge in [0.1, 0.15) is 5.82 Å². The van der Waals surface area contributed by atoms with Gasteiger partial charge in [0.05, 0.1) is 5.69 Å². The number of anilines is 1. The average Bonchev–Trinajstić information content (AvgIpc) is 2.29. The summed E-state index contributed by atoms with van der Waals surface area (Å²) in [6.07, 6.45) is 3.65. The Morgan fingerprint density at radius 3 is 2.76 bits per heavy atom. The van der Waals surface area contributed by atoms with Crippen molar-refractivity contribution in [2.45, 2.75) is 39.2 Å². The highest BCUT2D eigenvalue weighted by Gasteiger charge is 2.27. The van der Waals surface area contributed by atoms with Crippen molar-refractivity contribution >= 4 is 21.6 Å². The molecule has 3 unspecified atom stereocenters. The Bertz CT molecular complexity index is 374. The lowest BCUT2D eigenvalue weighted by atomic mass is 9.78. The van der Waals surface area contributed by atoms with E-state index >= 15 is 0 Å². The molecule has 2 rings (SSSR count). The molecule has 1 aliphatic carbocycles. The van der Waals surface area contributed by atoms with E-state index in [0.717, 1.165) is 10.9 Å². The number of nitrogens with one attached hydrogen (secondary N) is 1. The molecule has 0 heterocycles. The summed E-state index contributed by atoms with van der Waals surface area (Å²) in [5, 5.41) is 3.38. The largest absolute Gasteiger partial charge is 0.379 e. The van der Waals surface area contributed by atoms with Crippen molar-refractivity contribution in [3.05, 3.63) is 28.5 Å². The minimum atomic E-state index is -0.176. The van der Waals surface area contributed by atoms with Crippen molar-refractivity contribution in [1.82, 2.24) is 0 Å². The van der Waals surface area contributed by atoms with Crippen LogP contribution in [0.25, 0.3) is 0 Å². The number of halogens is 2. The SMILES string of the molecule is CC1CCCC(Nc2c(F)cccc2Br)C1C. The number of hydrogen-bond donors (Lipinski definition) is 1. The summed E-state index contributed by atoms with van der Waals surface area (Å²) in [6.45, 7) is 4.55. The third-order valence-electron chi connectivity index (χ3n) is 4.00. The number of para-hydroxylation sites is 1. The molecule has 0 bridgehead atoms. The molecule has 0 saturated heterocycles. The van der Waals surface area contributed by atoms with Crippen LogP contribution in [0.3, 0.4) is 0 Å². The quantitative estimate of drug-likeness (QED) is 0.825. The molecular weight excluding hydrogens is 281 g/mol. The van der Waals surface area contributed by atoms with Crippen LogP contribution in [-0.4, -0.2) is 6.04 Å². The maximum Gasteiger partial charge on any atom is 0.147 e. The Morgan fingerprint density at radius 1 is 1.29 bits per heavy atom. The van der Waals surface area contributed by atoms with Crippen molar-refractivity contribution < 1.29 is 4.39 Å². The van der Waals surface area contributed by atoms with Gasteiger partial charge in [0.25, 0.3) is 0 Å². The van der Waals surface area contributed by atoms with Gasteiger partial charge in [0, 0.05) is 10.5 Å². The van der Waals surface area contributed by atoms with Crippen molar-refractivity contribution in [3.63, 3.8) is 0 Å². The van der Waals surface area contributed by atoms with Gasteiger partial charge in [-0.25, -0.2) is 4.39 Å². The molecule has 1 fully saturated rings. The van der Waals surface area contributed by atoms with Gasteiger partial charge in [-0.3, -0.25) is 0 Å². The Hall–Kier alpha value is -0.570. The molecule has 0 radical (unpaired) electrons. The fraction of sp³-hybridized carbons (Fsp3) is 0.571. The molecular formula is C14H19BrFN. The first-order chi connectivity index (χ1) is 8.09. The zero-order valence-electron chi connectivity index (χ0n) is 10.3. The van der Waals surface area contributed by atoms with Crippen molar-refractivity contribution in [2.75, 3.05) is 5.32 Å². The molecule has 1 aliphatic rings. The van der Waals surface area contributed by atoms with Crippen LogP contribution in [0.15, 0.2) is 22.7 Å². The third-order valence-corrected chi connectivity index (χ3v) is 4.66. The summed E-state index contributed by atoms with van der Waals surface area (Å²) in [4.78, 5) is 0. The Morgan fingerprint density at radius 2 is 2.06 bits per heavy atom. The maximum absolute atomic E-state index is 13.7. The first-order valence-corrected chi connectivity index (χ1v) is 7.09. The van der Waals surface area contributed by atoms with Crippen LogP contribution in [0.5, 0.6) is 0 Å². The maximum atomic E-state index is 13.7. The van der Waals surface area contributed by atoms with Crippen LogP contribution in [0.4, 0.5) is 10.1 Å². The summed E-state index contributed by atoms with van der Waals surface area (Å²) < 4.78 is 14.5. The van der Waals surface area contributed by atoms with Crippen molar-refractivity contribution in [1.29, 1.82) is 0 Å². The highest BCUT2D eigenvalue weighted by Crippen LogP contribution is 2.34. The topological polar surface area (TPSA) is 12.0 Å². The molecule has 1 saturated carbocycles. The zero-order chi connectivity index (χ0) is 12.4. The predicted octanol–water partition coefficient (Wildman–Crippen LogP) is 4.82. The van der Waals surface area contributed by atoms with Gasteiger partial charge in [-0.15, -0.1) is 0 Å². The minimum absolute atomic E-state index is 0.176. The summed E-state index contributed by atoms with van der Waals surface area (Å²) in [6, 6.07) is 5.48. The molecule has 17 heavy (non-hydrogen) atoms. The molecule has 0 amide bonds. The first kappa shape index (κ1) is 12.9. The molecule has 94 valence electrons. The lowest BCUT2D eigenvalue weighted by Gasteiger charge is -2.35. The van der Waals surface area contributed by atoms with Crippen LogP contribution in [0, 0.1) is 17.7 Å². The molecule has 3 atom stereocenters. The first-order valence-electron chi connectivity index (χ1n) is 6.30. The van der Waals surface area contributed by atoms with Gasteiger partial charge < -0.3 is 5.32 Å². The van der Waals surface area contributed by atoms with E-state index in [9.17, 15) is 4.39 Å². The van der Waals surface area contributed by atoms with Crippen molar-refractivity contribution in [2.24, 2.45) is 11.8 Å². The molecule has 0 aliphatic heterocycles. The fourth-order valence-electron chi connectivity index (χ4n) is 2.61. The van der Waals surface area contributed by atoms with Crippen LogP contribution < -0.4 is 5.32 Å². The molecule has 1 N–H and O–H groups in total. The van der Waals surface area contributed by atoms with Gasteiger partial charge in [-0.1, -0.05) is 32.8 Å². The van der Waals surface area contributed by atoms with Gasteiger partial charge in [0.2, 0.25) is 0 Å². The monoisotopic (exact) mass is 299 g/mol. The summed E-state index contributed by atoms with van der Waals surface area (Å²) in [7, 11) is 0. The predicted molar refractivity (Wildman–Crippen MR) is 73.7 cm³/mol. The number of benzene rings is 1. The minimum Gasteiger partial charge on any atom is -0.379 e. The lowest BCUT2D eigenvalue weighted by molar-refractivity contribution is 0.252. The van der Waals surface area contributed by atoms with Crippen LogP contribution in [0.1, 0.15) is 33.1 Å². The van der Waals surface area contributed by atoms with E-state index in [2.05, 4.69) is 35.1 Å². The Kier molecular flexibility index (Phi) is 4.08. The van der Waals surface area contributed by atoms with Crippen LogP contribution >= 0.6 is 15.9 Å². The lowest BCUT2D eigenvalue weighted by Crippen LogP contribution is -2.35. The van der Waals surface area contributed by atoms with Gasteiger partial charge in [-0.2, -0.15) is 0 Å². The van der Waals surface area contributed by atoms with Crippen LogP contribution in [-0.2, 0) is 0 Å². The van der Waals surface area contributed by atoms with E-state index in [1.807, 2.05) is 6.07 Å². The van der Waals surface area contributed by atoms with Crippen LogP contribution in [0.2, 0.25) is 0 Å². The zero-order valence-corrected chi connectivity index (χ0v) is 11.9. The van der Waals surface area contributed by atoms with E-state index < -0.39 is 0 Å². The van der Waals surface area contributed by atoms with E-state index in [4.69, 9.17) is 0 Å². The fourth-order valence-corrected chi connectivity index (χ4v) is 3.06. The van der Waals surface area contributed by atoms with Gasteiger partial charge in [0.15, 0.2) is 0 Å². The number of hydrogen-bond acceptors (Lipinski definition) is 1. The normalized spacial score (nSPS) is 29.1.